The van der Waals surface area contributed by atoms with E-state index >= 15 is 0 Å². The highest BCUT2D eigenvalue weighted by atomic mass is 16.2. The molecule has 1 aromatic carbocycles. The Morgan fingerprint density at radius 3 is 2.74 bits per heavy atom. The number of nitrogens with zero attached hydrogens (tertiary/aromatic N) is 3. The van der Waals surface area contributed by atoms with Gasteiger partial charge in [0.2, 0.25) is 0 Å². The fourth-order valence-electron chi connectivity index (χ4n) is 4.42. The molecule has 27 heavy (non-hydrogen) atoms. The fourth-order valence-corrected chi connectivity index (χ4v) is 4.42. The van der Waals surface area contributed by atoms with Crippen LogP contribution in [0.15, 0.2) is 42.6 Å². The molecule has 2 aliphatic rings. The Balaban J connectivity index is 1.29. The lowest BCUT2D eigenvalue weighted by molar-refractivity contribution is 0.0643. The lowest BCUT2D eigenvalue weighted by Gasteiger charge is -2.36. The molecule has 0 spiro atoms. The van der Waals surface area contributed by atoms with Gasteiger partial charge < -0.3 is 9.80 Å². The zero-order valence-electron chi connectivity index (χ0n) is 16.2. The van der Waals surface area contributed by atoms with Crippen molar-refractivity contribution in [1.82, 2.24) is 14.8 Å². The first-order chi connectivity index (χ1) is 13.2. The zero-order valence-corrected chi connectivity index (χ0v) is 16.2. The molecule has 0 bridgehead atoms. The van der Waals surface area contributed by atoms with E-state index in [2.05, 4.69) is 28.1 Å². The molecule has 2 heterocycles. The summed E-state index contributed by atoms with van der Waals surface area (Å²) in [5, 5.41) is 0. The molecule has 0 N–H and O–H groups in total. The molecule has 0 radical (unpaired) electrons. The minimum absolute atomic E-state index is 0.177. The summed E-state index contributed by atoms with van der Waals surface area (Å²) < 4.78 is 0. The molecule has 1 aliphatic heterocycles. The van der Waals surface area contributed by atoms with Gasteiger partial charge in [0.1, 0.15) is 0 Å². The van der Waals surface area contributed by atoms with Crippen LogP contribution >= 0.6 is 0 Å². The highest BCUT2D eigenvalue weighted by molar-refractivity contribution is 5.94. The van der Waals surface area contributed by atoms with Crippen LogP contribution in [0, 0.1) is 0 Å². The molecule has 4 nitrogen and oxygen atoms in total. The van der Waals surface area contributed by atoms with Gasteiger partial charge in [-0.2, -0.15) is 0 Å². The van der Waals surface area contributed by atoms with Crippen molar-refractivity contribution >= 4 is 5.91 Å². The molecule has 0 atom stereocenters. The van der Waals surface area contributed by atoms with Gasteiger partial charge in [0.25, 0.3) is 5.91 Å². The van der Waals surface area contributed by atoms with Gasteiger partial charge in [-0.1, -0.05) is 12.1 Å². The third-order valence-electron chi connectivity index (χ3n) is 6.18. The van der Waals surface area contributed by atoms with Gasteiger partial charge in [0.15, 0.2) is 0 Å². The number of hydrogen-bond donors (Lipinski definition) is 0. The van der Waals surface area contributed by atoms with E-state index in [9.17, 15) is 4.79 Å². The summed E-state index contributed by atoms with van der Waals surface area (Å²) in [7, 11) is 1.98. The Labute approximate surface area is 162 Å². The number of pyridine rings is 1. The highest BCUT2D eigenvalue weighted by Gasteiger charge is 2.26. The monoisotopic (exact) mass is 363 g/mol. The van der Waals surface area contributed by atoms with Gasteiger partial charge in [-0.15, -0.1) is 0 Å². The van der Waals surface area contributed by atoms with Crippen LogP contribution in [0.5, 0.6) is 0 Å². The second-order valence-corrected chi connectivity index (χ2v) is 7.90. The van der Waals surface area contributed by atoms with Crippen molar-refractivity contribution in [3.05, 3.63) is 65.0 Å². The number of piperidine rings is 1. The molecule has 1 amide bonds. The van der Waals surface area contributed by atoms with E-state index in [1.807, 2.05) is 36.3 Å². The third-order valence-corrected chi connectivity index (χ3v) is 6.18. The number of likely N-dealkylation sites (tertiary alicyclic amines) is 1. The molecule has 1 saturated heterocycles. The van der Waals surface area contributed by atoms with Crippen LogP contribution in [-0.4, -0.2) is 53.4 Å². The van der Waals surface area contributed by atoms with E-state index in [-0.39, 0.29) is 5.91 Å². The van der Waals surface area contributed by atoms with Crippen LogP contribution in [0.3, 0.4) is 0 Å². The SMILES string of the molecule is CN(C(=O)c1ccc2c(c1)CCC2)C1CCN(CCc2ccccn2)CC1. The number of aromatic nitrogens is 1. The molecule has 0 unspecified atom stereocenters. The average Bonchev–Trinajstić information content (AvgIpc) is 3.20. The van der Waals surface area contributed by atoms with E-state index in [1.165, 1.54) is 17.5 Å². The van der Waals surface area contributed by atoms with E-state index < -0.39 is 0 Å². The largest absolute Gasteiger partial charge is 0.339 e. The minimum Gasteiger partial charge on any atom is -0.339 e. The standard InChI is InChI=1S/C23H29N3O/c1-25(23(27)20-9-8-18-5-4-6-19(18)17-20)22-11-15-26(16-12-22)14-10-21-7-2-3-13-24-21/h2-3,7-9,13,17,22H,4-6,10-12,14-16H2,1H3. The van der Waals surface area contributed by atoms with Crippen LogP contribution in [0.25, 0.3) is 0 Å². The van der Waals surface area contributed by atoms with Crippen molar-refractivity contribution in [3.8, 4) is 0 Å². The molecule has 0 saturated carbocycles. The Kier molecular flexibility index (Phi) is 5.53. The quantitative estimate of drug-likeness (QED) is 0.817. The van der Waals surface area contributed by atoms with Crippen molar-refractivity contribution < 1.29 is 4.79 Å². The predicted octanol–water partition coefficient (Wildman–Crippen LogP) is 3.35. The normalized spacial score (nSPS) is 17.7. The zero-order chi connectivity index (χ0) is 18.6. The molecular weight excluding hydrogens is 334 g/mol. The Hall–Kier alpha value is -2.20. The second-order valence-electron chi connectivity index (χ2n) is 7.90. The number of carbonyl (C=O) groups is 1. The Morgan fingerprint density at radius 1 is 1.15 bits per heavy atom. The van der Waals surface area contributed by atoms with Crippen molar-refractivity contribution in [1.29, 1.82) is 0 Å². The lowest BCUT2D eigenvalue weighted by atomic mass is 10.0. The first kappa shape index (κ1) is 18.2. The molecule has 4 rings (SSSR count). The molecule has 2 aromatic rings. The maximum absolute atomic E-state index is 12.9. The number of aryl methyl sites for hydroxylation is 2. The van der Waals surface area contributed by atoms with Gasteiger partial charge >= 0.3 is 0 Å². The number of amides is 1. The minimum atomic E-state index is 0.177. The Bertz CT molecular complexity index is 781. The van der Waals surface area contributed by atoms with E-state index in [0.717, 1.165) is 63.0 Å². The topological polar surface area (TPSA) is 36.4 Å². The molecule has 4 heteroatoms. The summed E-state index contributed by atoms with van der Waals surface area (Å²) in [6, 6.07) is 12.8. The number of hydrogen-bond acceptors (Lipinski definition) is 3. The van der Waals surface area contributed by atoms with Crippen molar-refractivity contribution in [3.63, 3.8) is 0 Å². The molecular formula is C23H29N3O. The van der Waals surface area contributed by atoms with Crippen LogP contribution in [0.2, 0.25) is 0 Å². The van der Waals surface area contributed by atoms with E-state index in [1.54, 1.807) is 0 Å². The number of fused-ring (bicyclic) bond motifs is 1. The van der Waals surface area contributed by atoms with Crippen molar-refractivity contribution in [2.45, 2.75) is 44.6 Å². The van der Waals surface area contributed by atoms with E-state index in [0.29, 0.717) is 6.04 Å². The molecule has 1 aromatic heterocycles. The second kappa shape index (κ2) is 8.22. The van der Waals surface area contributed by atoms with Crippen molar-refractivity contribution in [2.24, 2.45) is 0 Å². The van der Waals surface area contributed by atoms with Crippen LogP contribution in [0.1, 0.15) is 46.4 Å². The highest BCUT2D eigenvalue weighted by Crippen LogP contribution is 2.24. The first-order valence-corrected chi connectivity index (χ1v) is 10.2. The van der Waals surface area contributed by atoms with Gasteiger partial charge in [0, 0.05) is 56.6 Å². The van der Waals surface area contributed by atoms with Gasteiger partial charge in [0.05, 0.1) is 0 Å². The number of rotatable bonds is 5. The summed E-state index contributed by atoms with van der Waals surface area (Å²) in [6.07, 6.45) is 8.46. The summed E-state index contributed by atoms with van der Waals surface area (Å²) in [5.41, 5.74) is 4.81. The third kappa shape index (κ3) is 4.22. The molecule has 1 fully saturated rings. The summed E-state index contributed by atoms with van der Waals surface area (Å²) in [6.45, 7) is 3.16. The summed E-state index contributed by atoms with van der Waals surface area (Å²) in [5.74, 6) is 0.177. The van der Waals surface area contributed by atoms with Gasteiger partial charge in [-0.05, 0) is 67.5 Å². The number of carbonyl (C=O) groups excluding carboxylic acids is 1. The van der Waals surface area contributed by atoms with Crippen LogP contribution < -0.4 is 0 Å². The smallest absolute Gasteiger partial charge is 0.253 e. The fraction of sp³-hybridized carbons (Fsp3) is 0.478. The predicted molar refractivity (Wildman–Crippen MR) is 108 cm³/mol. The van der Waals surface area contributed by atoms with Crippen molar-refractivity contribution in [2.75, 3.05) is 26.7 Å². The summed E-state index contributed by atoms with van der Waals surface area (Å²) >= 11 is 0. The average molecular weight is 364 g/mol. The van der Waals surface area contributed by atoms with Gasteiger partial charge in [-0.3, -0.25) is 9.78 Å². The molecule has 142 valence electrons. The first-order valence-electron chi connectivity index (χ1n) is 10.2. The lowest BCUT2D eigenvalue weighted by Crippen LogP contribution is -2.46. The molecule has 1 aliphatic carbocycles. The van der Waals surface area contributed by atoms with E-state index in [4.69, 9.17) is 0 Å². The Morgan fingerprint density at radius 2 is 1.96 bits per heavy atom. The maximum Gasteiger partial charge on any atom is 0.253 e. The maximum atomic E-state index is 12.9. The van der Waals surface area contributed by atoms with Gasteiger partial charge in [-0.25, -0.2) is 0 Å². The summed E-state index contributed by atoms with van der Waals surface area (Å²) in [4.78, 5) is 21.8. The number of benzene rings is 1. The van der Waals surface area contributed by atoms with Crippen LogP contribution in [-0.2, 0) is 19.3 Å². The van der Waals surface area contributed by atoms with Crippen LogP contribution in [0.4, 0.5) is 0 Å².